The first-order chi connectivity index (χ1) is 19.0. The van der Waals surface area contributed by atoms with Crippen LogP contribution in [0.4, 0.5) is 0 Å². The van der Waals surface area contributed by atoms with Gasteiger partial charge in [0, 0.05) is 49.9 Å². The van der Waals surface area contributed by atoms with E-state index in [1.807, 2.05) is 11.9 Å². The third-order valence-corrected chi connectivity index (χ3v) is 12.9. The fourth-order valence-electron chi connectivity index (χ4n) is 9.71. The van der Waals surface area contributed by atoms with Gasteiger partial charge >= 0.3 is 0 Å². The minimum absolute atomic E-state index is 0.215. The highest BCUT2D eigenvalue weighted by molar-refractivity contribution is 7.98. The fraction of sp³-hybridized carbons (Fsp3) is 0.900. The van der Waals surface area contributed by atoms with E-state index in [1.165, 1.54) is 83.8 Å². The smallest absolute Gasteiger partial charge is 0.232 e. The largest absolute Gasteiger partial charge is 0.477 e. The maximum Gasteiger partial charge on any atom is 0.232 e. The van der Waals surface area contributed by atoms with Crippen LogP contribution in [-0.2, 0) is 0 Å². The van der Waals surface area contributed by atoms with Crippen LogP contribution in [0.3, 0.4) is 0 Å². The predicted molar refractivity (Wildman–Crippen MR) is 155 cm³/mol. The molecule has 216 valence electrons. The minimum Gasteiger partial charge on any atom is -0.477 e. The van der Waals surface area contributed by atoms with Crippen LogP contribution in [0.15, 0.2) is 12.3 Å². The molecule has 7 fully saturated rings. The molecule has 4 bridgehead atoms. The molecule has 1 aromatic rings. The monoisotopic (exact) mass is 555 g/mol. The van der Waals surface area contributed by atoms with E-state index < -0.39 is 0 Å². The number of nitrogens with zero attached hydrogens (tertiary/aromatic N) is 4. The zero-order valence-electron chi connectivity index (χ0n) is 24.0. The summed E-state index contributed by atoms with van der Waals surface area (Å²) in [6.07, 6.45) is 17.4. The van der Waals surface area contributed by atoms with Crippen LogP contribution in [0.25, 0.3) is 0 Å². The van der Waals surface area contributed by atoms with Crippen LogP contribution < -0.4 is 20.2 Å². The van der Waals surface area contributed by atoms with E-state index >= 15 is 0 Å². The molecule has 8 nitrogen and oxygen atoms in total. The Balaban J connectivity index is 0.928. The van der Waals surface area contributed by atoms with Gasteiger partial charge < -0.3 is 4.74 Å². The normalized spacial score (nSPS) is 41.7. The summed E-state index contributed by atoms with van der Waals surface area (Å²) < 4.78 is 12.1. The highest BCUT2D eigenvalue weighted by atomic mass is 32.2. The van der Waals surface area contributed by atoms with E-state index in [0.29, 0.717) is 17.5 Å². The molecule has 0 aromatic carbocycles. The molecule has 8 rings (SSSR count). The molecule has 3 N–H and O–H groups in total. The average Bonchev–Trinajstić information content (AvgIpc) is 3.84. The third-order valence-electron chi connectivity index (χ3n) is 12.0. The molecule has 7 unspecified atom stereocenters. The lowest BCUT2D eigenvalue weighted by Crippen LogP contribution is -2.60. The van der Waals surface area contributed by atoms with Crippen molar-refractivity contribution in [3.63, 3.8) is 0 Å². The summed E-state index contributed by atoms with van der Waals surface area (Å²) in [6, 6.07) is 2.08. The Morgan fingerprint density at radius 2 is 1.92 bits per heavy atom. The highest BCUT2D eigenvalue weighted by Gasteiger charge is 2.85. The Labute approximate surface area is 238 Å². The SMILES string of the molecule is CC1(C)CC2CCCN3CCC(N3)SNCC3CCC(n4ccc(OCCC5C6(CC6)C56CC6)n4)NC3N1C2. The van der Waals surface area contributed by atoms with Gasteiger partial charge in [-0.15, -0.1) is 5.10 Å². The molecule has 3 saturated carbocycles. The van der Waals surface area contributed by atoms with Crippen LogP contribution in [0.2, 0.25) is 0 Å². The second kappa shape index (κ2) is 9.60. The molecule has 3 aliphatic carbocycles. The quantitative estimate of drug-likeness (QED) is 0.464. The standard InChI is InChI=1S/C30H49N7OS/c1-28(2)18-21-4-3-14-35-15-8-26(34-35)39-31-19-22-5-6-24(32-27(22)36(28)20-21)37-16-7-25(33-37)38-17-9-23-29(10-11-29)30(23)12-13-30/h7,16,21-24,26-27,31-32,34H,3-6,8-15,17-20H2,1-2H3. The Bertz CT molecular complexity index is 1040. The van der Waals surface area contributed by atoms with E-state index in [-0.39, 0.29) is 11.7 Å². The number of nitrogens with one attached hydrogen (secondary N) is 3. The Morgan fingerprint density at radius 3 is 2.74 bits per heavy atom. The van der Waals surface area contributed by atoms with Crippen LogP contribution >= 0.6 is 11.9 Å². The van der Waals surface area contributed by atoms with Gasteiger partial charge in [-0.05, 0) is 107 Å². The highest BCUT2D eigenvalue weighted by Crippen LogP contribution is 2.93. The van der Waals surface area contributed by atoms with Gasteiger partial charge in [-0.3, -0.25) is 19.6 Å². The van der Waals surface area contributed by atoms with Crippen molar-refractivity contribution in [3.8, 4) is 5.88 Å². The van der Waals surface area contributed by atoms with Gasteiger partial charge in [0.05, 0.1) is 18.1 Å². The summed E-state index contributed by atoms with van der Waals surface area (Å²) in [5.41, 5.74) is 5.49. The number of ether oxygens (including phenoxy) is 1. The Hall–Kier alpha value is -0.840. The second-order valence-electron chi connectivity index (χ2n) is 14.6. The number of rotatable bonds is 5. The molecule has 7 atom stereocenters. The van der Waals surface area contributed by atoms with E-state index in [9.17, 15) is 0 Å². The van der Waals surface area contributed by atoms with Crippen LogP contribution in [0.1, 0.15) is 90.6 Å². The summed E-state index contributed by atoms with van der Waals surface area (Å²) in [6.45, 7) is 10.4. The zero-order valence-corrected chi connectivity index (χ0v) is 24.9. The molecule has 1 aromatic heterocycles. The van der Waals surface area contributed by atoms with Gasteiger partial charge in [-0.1, -0.05) is 11.9 Å². The number of aromatic nitrogens is 2. The number of fused-ring (bicyclic) bond motifs is 7. The van der Waals surface area contributed by atoms with Crippen molar-refractivity contribution in [1.82, 2.24) is 35.2 Å². The lowest BCUT2D eigenvalue weighted by molar-refractivity contribution is 0.00916. The first-order valence-corrected chi connectivity index (χ1v) is 16.9. The molecular formula is C30H49N7OS. The van der Waals surface area contributed by atoms with Crippen molar-refractivity contribution in [2.75, 3.05) is 32.8 Å². The van der Waals surface area contributed by atoms with Crippen LogP contribution in [0, 0.1) is 28.6 Å². The minimum atomic E-state index is 0.215. The Morgan fingerprint density at radius 1 is 1.08 bits per heavy atom. The van der Waals surface area contributed by atoms with Crippen LogP contribution in [0.5, 0.6) is 5.88 Å². The van der Waals surface area contributed by atoms with Gasteiger partial charge in [0.25, 0.3) is 0 Å². The lowest BCUT2D eigenvalue weighted by Gasteiger charge is -2.47. The molecule has 4 saturated heterocycles. The number of hydrogen-bond donors (Lipinski definition) is 3. The predicted octanol–water partition coefficient (Wildman–Crippen LogP) is 4.34. The van der Waals surface area contributed by atoms with Gasteiger partial charge in [-0.25, -0.2) is 10.4 Å². The van der Waals surface area contributed by atoms with Crippen molar-refractivity contribution < 1.29 is 4.74 Å². The fourth-order valence-corrected chi connectivity index (χ4v) is 10.6. The molecule has 7 aliphatic rings. The van der Waals surface area contributed by atoms with Crippen molar-refractivity contribution in [2.24, 2.45) is 28.6 Å². The maximum atomic E-state index is 6.21. The number of hydrogen-bond acceptors (Lipinski definition) is 8. The molecular weight excluding hydrogens is 506 g/mol. The molecule has 5 heterocycles. The molecule has 2 spiro atoms. The summed E-state index contributed by atoms with van der Waals surface area (Å²) in [5, 5.41) is 12.0. The van der Waals surface area contributed by atoms with E-state index in [2.05, 4.69) is 56.2 Å². The second-order valence-corrected chi connectivity index (χ2v) is 15.7. The molecule has 39 heavy (non-hydrogen) atoms. The Kier molecular flexibility index (Phi) is 6.36. The summed E-state index contributed by atoms with van der Waals surface area (Å²) in [5.74, 6) is 3.12. The van der Waals surface area contributed by atoms with E-state index in [4.69, 9.17) is 9.84 Å². The molecule has 0 amide bonds. The first-order valence-electron chi connectivity index (χ1n) is 16.1. The summed E-state index contributed by atoms with van der Waals surface area (Å²) >= 11 is 1.90. The number of hydrazine groups is 1. The summed E-state index contributed by atoms with van der Waals surface area (Å²) in [4.78, 5) is 2.82. The van der Waals surface area contributed by atoms with E-state index in [1.54, 1.807) is 0 Å². The van der Waals surface area contributed by atoms with Gasteiger partial charge in [0.15, 0.2) is 0 Å². The topological polar surface area (TPSA) is 69.6 Å². The van der Waals surface area contributed by atoms with Gasteiger partial charge in [0.2, 0.25) is 5.88 Å². The maximum absolute atomic E-state index is 6.21. The zero-order chi connectivity index (χ0) is 26.2. The molecule has 4 aliphatic heterocycles. The van der Waals surface area contributed by atoms with Crippen molar-refractivity contribution in [2.45, 2.75) is 108 Å². The van der Waals surface area contributed by atoms with Crippen LogP contribution in [-0.4, -0.2) is 69.6 Å². The molecule has 0 radical (unpaired) electrons. The third kappa shape index (κ3) is 4.58. The number of piperidine rings is 1. The molecule has 9 heteroatoms. The first kappa shape index (κ1) is 25.8. The van der Waals surface area contributed by atoms with Crippen molar-refractivity contribution in [1.29, 1.82) is 0 Å². The lowest BCUT2D eigenvalue weighted by atomic mass is 9.90. The van der Waals surface area contributed by atoms with Gasteiger partial charge in [0.1, 0.15) is 6.17 Å². The average molecular weight is 556 g/mol. The summed E-state index contributed by atoms with van der Waals surface area (Å²) in [7, 11) is 0. The van der Waals surface area contributed by atoms with Crippen molar-refractivity contribution >= 4 is 11.9 Å². The van der Waals surface area contributed by atoms with Crippen molar-refractivity contribution in [3.05, 3.63) is 12.3 Å². The van der Waals surface area contributed by atoms with Gasteiger partial charge in [-0.2, -0.15) is 0 Å². The van der Waals surface area contributed by atoms with E-state index in [0.717, 1.165) is 48.1 Å².